The lowest BCUT2D eigenvalue weighted by molar-refractivity contribution is -0.140. The van der Waals surface area contributed by atoms with Crippen molar-refractivity contribution in [1.29, 1.82) is 5.26 Å². The standard InChI is InChI=1S/C32H38N4O4/c1-21(2)19-27(35-31(39)40-32(4,5)6)30(38)36(18-17-33)28(26-14-10-7-11-22(26)3)29(37)34-25-16-15-23-12-8-9-13-24(23)20-25/h7-16,20-21,27-28H,18-19H2,1-6H3,(H,34,37)(H,35,39). The second kappa shape index (κ2) is 13.1. The van der Waals surface area contributed by atoms with E-state index in [4.69, 9.17) is 4.74 Å². The molecule has 0 saturated heterocycles. The highest BCUT2D eigenvalue weighted by molar-refractivity contribution is 6.00. The van der Waals surface area contributed by atoms with Gasteiger partial charge in [-0.05, 0) is 74.1 Å². The molecular formula is C32H38N4O4. The molecule has 0 bridgehead atoms. The number of nitriles is 1. The largest absolute Gasteiger partial charge is 0.444 e. The lowest BCUT2D eigenvalue weighted by atomic mass is 9.96. The Bertz CT molecular complexity index is 1400. The molecule has 2 unspecified atom stereocenters. The summed E-state index contributed by atoms with van der Waals surface area (Å²) >= 11 is 0. The predicted molar refractivity (Wildman–Crippen MR) is 156 cm³/mol. The Morgan fingerprint density at radius 1 is 0.975 bits per heavy atom. The van der Waals surface area contributed by atoms with Crippen LogP contribution in [0.15, 0.2) is 66.7 Å². The number of carbonyl (C=O) groups excluding carboxylic acids is 3. The number of rotatable bonds is 9. The monoisotopic (exact) mass is 542 g/mol. The molecule has 3 amide bonds. The molecule has 3 rings (SSSR count). The van der Waals surface area contributed by atoms with E-state index in [-0.39, 0.29) is 12.5 Å². The van der Waals surface area contributed by atoms with Gasteiger partial charge in [0.05, 0.1) is 6.07 Å². The molecule has 0 radical (unpaired) electrons. The molecule has 3 aromatic carbocycles. The Labute approximate surface area is 236 Å². The zero-order valence-electron chi connectivity index (χ0n) is 24.0. The average Bonchev–Trinajstić information content (AvgIpc) is 2.87. The van der Waals surface area contributed by atoms with Gasteiger partial charge in [-0.3, -0.25) is 9.59 Å². The van der Waals surface area contributed by atoms with Gasteiger partial charge in [-0.2, -0.15) is 5.26 Å². The van der Waals surface area contributed by atoms with Crippen LogP contribution in [0.2, 0.25) is 0 Å². The van der Waals surface area contributed by atoms with E-state index in [2.05, 4.69) is 10.6 Å². The Kier molecular flexibility index (Phi) is 9.89. The average molecular weight is 543 g/mol. The summed E-state index contributed by atoms with van der Waals surface area (Å²) in [6.07, 6.45) is -0.441. The van der Waals surface area contributed by atoms with Crippen LogP contribution in [0, 0.1) is 24.2 Å². The first-order valence-corrected chi connectivity index (χ1v) is 13.4. The van der Waals surface area contributed by atoms with E-state index in [0.29, 0.717) is 17.7 Å². The molecule has 0 fully saturated rings. The molecular weight excluding hydrogens is 504 g/mol. The minimum atomic E-state index is -1.12. The van der Waals surface area contributed by atoms with Crippen LogP contribution in [0.25, 0.3) is 10.8 Å². The van der Waals surface area contributed by atoms with Crippen molar-refractivity contribution >= 4 is 34.4 Å². The first-order valence-electron chi connectivity index (χ1n) is 13.4. The van der Waals surface area contributed by atoms with Crippen molar-refractivity contribution in [2.45, 2.75) is 65.6 Å². The van der Waals surface area contributed by atoms with E-state index in [9.17, 15) is 19.6 Å². The molecule has 8 heteroatoms. The Morgan fingerprint density at radius 2 is 1.62 bits per heavy atom. The van der Waals surface area contributed by atoms with Gasteiger partial charge in [0.2, 0.25) is 5.91 Å². The maximum Gasteiger partial charge on any atom is 0.408 e. The van der Waals surface area contributed by atoms with Crippen molar-refractivity contribution in [1.82, 2.24) is 10.2 Å². The molecule has 40 heavy (non-hydrogen) atoms. The van der Waals surface area contributed by atoms with E-state index in [1.54, 1.807) is 39.0 Å². The summed E-state index contributed by atoms with van der Waals surface area (Å²) in [7, 11) is 0. The first kappa shape index (κ1) is 30.2. The SMILES string of the molecule is Cc1ccccc1C(C(=O)Nc1ccc2ccccc2c1)N(CC#N)C(=O)C(CC(C)C)NC(=O)OC(C)(C)C. The molecule has 0 heterocycles. The Hall–Kier alpha value is -4.38. The van der Waals surface area contributed by atoms with Crippen LogP contribution in [-0.2, 0) is 14.3 Å². The fourth-order valence-corrected chi connectivity index (χ4v) is 4.54. The van der Waals surface area contributed by atoms with Crippen LogP contribution in [0.1, 0.15) is 58.2 Å². The Morgan fingerprint density at radius 3 is 2.25 bits per heavy atom. The molecule has 8 nitrogen and oxygen atoms in total. The summed E-state index contributed by atoms with van der Waals surface area (Å²) in [6.45, 7) is 10.6. The first-order chi connectivity index (χ1) is 18.9. The van der Waals surface area contributed by atoms with Crippen molar-refractivity contribution in [3.63, 3.8) is 0 Å². The van der Waals surface area contributed by atoms with Crippen molar-refractivity contribution < 1.29 is 19.1 Å². The van der Waals surface area contributed by atoms with E-state index >= 15 is 0 Å². The molecule has 0 aliphatic heterocycles. The van der Waals surface area contributed by atoms with Gasteiger partial charge in [0.15, 0.2) is 0 Å². The van der Waals surface area contributed by atoms with Gasteiger partial charge in [-0.25, -0.2) is 4.79 Å². The van der Waals surface area contributed by atoms with Crippen LogP contribution >= 0.6 is 0 Å². The number of hydrogen-bond donors (Lipinski definition) is 2. The number of ether oxygens (including phenoxy) is 1. The molecule has 0 aliphatic rings. The molecule has 2 N–H and O–H groups in total. The molecule has 0 aliphatic carbocycles. The fourth-order valence-electron chi connectivity index (χ4n) is 4.54. The predicted octanol–water partition coefficient (Wildman–Crippen LogP) is 6.12. The number of amides is 3. The summed E-state index contributed by atoms with van der Waals surface area (Å²) < 4.78 is 5.40. The number of fused-ring (bicyclic) bond motifs is 1. The van der Waals surface area contributed by atoms with Gasteiger partial charge in [0, 0.05) is 5.69 Å². The smallest absolute Gasteiger partial charge is 0.408 e. The maximum atomic E-state index is 14.1. The molecule has 3 aromatic rings. The van der Waals surface area contributed by atoms with Gasteiger partial charge in [0.1, 0.15) is 24.2 Å². The number of nitrogens with one attached hydrogen (secondary N) is 2. The lowest BCUT2D eigenvalue weighted by Crippen LogP contribution is -2.53. The third-order valence-electron chi connectivity index (χ3n) is 6.28. The second-order valence-corrected chi connectivity index (χ2v) is 11.3. The van der Waals surface area contributed by atoms with Crippen molar-refractivity contribution in [2.24, 2.45) is 5.92 Å². The number of benzene rings is 3. The number of anilines is 1. The summed E-state index contributed by atoms with van der Waals surface area (Å²) in [6, 6.07) is 20.6. The third-order valence-corrected chi connectivity index (χ3v) is 6.28. The highest BCUT2D eigenvalue weighted by Gasteiger charge is 2.37. The van der Waals surface area contributed by atoms with E-state index in [1.807, 2.05) is 75.4 Å². The maximum absolute atomic E-state index is 14.1. The van der Waals surface area contributed by atoms with Crippen LogP contribution in [0.4, 0.5) is 10.5 Å². The zero-order valence-corrected chi connectivity index (χ0v) is 24.0. The normalized spacial score (nSPS) is 12.8. The van der Waals surface area contributed by atoms with Gasteiger partial charge in [-0.1, -0.05) is 68.4 Å². The van der Waals surface area contributed by atoms with Crippen molar-refractivity contribution in [3.8, 4) is 6.07 Å². The highest BCUT2D eigenvalue weighted by atomic mass is 16.6. The van der Waals surface area contributed by atoms with E-state index in [0.717, 1.165) is 16.3 Å². The van der Waals surface area contributed by atoms with Gasteiger partial charge in [-0.15, -0.1) is 0 Å². The van der Waals surface area contributed by atoms with Gasteiger partial charge < -0.3 is 20.3 Å². The molecule has 210 valence electrons. The summed E-state index contributed by atoms with van der Waals surface area (Å²) in [5.74, 6) is -0.965. The fraction of sp³-hybridized carbons (Fsp3) is 0.375. The van der Waals surface area contributed by atoms with E-state index in [1.165, 1.54) is 4.90 Å². The lowest BCUT2D eigenvalue weighted by Gasteiger charge is -2.34. The minimum Gasteiger partial charge on any atom is -0.444 e. The summed E-state index contributed by atoms with van der Waals surface area (Å²) in [4.78, 5) is 41.9. The highest BCUT2D eigenvalue weighted by Crippen LogP contribution is 2.28. The topological polar surface area (TPSA) is 112 Å². The van der Waals surface area contributed by atoms with Crippen LogP contribution < -0.4 is 10.6 Å². The molecule has 0 spiro atoms. The Balaban J connectivity index is 2.02. The summed E-state index contributed by atoms with van der Waals surface area (Å²) in [5.41, 5.74) is 1.19. The quantitative estimate of drug-likeness (QED) is 0.317. The number of nitrogens with zero attached hydrogens (tertiary/aromatic N) is 2. The van der Waals surface area contributed by atoms with Crippen LogP contribution in [0.5, 0.6) is 0 Å². The summed E-state index contributed by atoms with van der Waals surface area (Å²) in [5, 5.41) is 17.4. The number of aryl methyl sites for hydroxylation is 1. The van der Waals surface area contributed by atoms with Gasteiger partial charge >= 0.3 is 6.09 Å². The second-order valence-electron chi connectivity index (χ2n) is 11.3. The third kappa shape index (κ3) is 8.06. The molecule has 0 saturated carbocycles. The molecule has 0 aromatic heterocycles. The zero-order chi connectivity index (χ0) is 29.4. The number of carbonyl (C=O) groups is 3. The number of alkyl carbamates (subject to hydrolysis) is 1. The molecule has 2 atom stereocenters. The number of hydrogen-bond acceptors (Lipinski definition) is 5. The van der Waals surface area contributed by atoms with Crippen molar-refractivity contribution in [2.75, 3.05) is 11.9 Å². The van der Waals surface area contributed by atoms with Crippen molar-refractivity contribution in [3.05, 3.63) is 77.9 Å². The van der Waals surface area contributed by atoms with Crippen LogP contribution in [-0.4, -0.2) is 41.0 Å². The van der Waals surface area contributed by atoms with Gasteiger partial charge in [0.25, 0.3) is 5.91 Å². The minimum absolute atomic E-state index is 0.0381. The van der Waals surface area contributed by atoms with Crippen LogP contribution in [0.3, 0.4) is 0 Å². The van der Waals surface area contributed by atoms with E-state index < -0.39 is 35.6 Å².